The van der Waals surface area contributed by atoms with E-state index in [1.807, 2.05) is 21.0 Å². The van der Waals surface area contributed by atoms with Crippen molar-refractivity contribution in [1.29, 1.82) is 0 Å². The number of hydrogen-bond acceptors (Lipinski definition) is 4. The minimum atomic E-state index is -1.02. The first-order valence-corrected chi connectivity index (χ1v) is 4.83. The van der Waals surface area contributed by atoms with Crippen LogP contribution in [0.3, 0.4) is 0 Å². The number of aryl methyl sites for hydroxylation is 1. The van der Waals surface area contributed by atoms with Crippen molar-refractivity contribution >= 4 is 11.8 Å². The molecule has 1 aromatic rings. The quantitative estimate of drug-likeness (QED) is 0.806. The Hall–Kier alpha value is -1.65. The van der Waals surface area contributed by atoms with Gasteiger partial charge in [0.1, 0.15) is 11.6 Å². The van der Waals surface area contributed by atoms with Crippen LogP contribution in [-0.4, -0.2) is 35.1 Å². The maximum atomic E-state index is 10.8. The van der Waals surface area contributed by atoms with Crippen molar-refractivity contribution < 1.29 is 9.90 Å². The average molecular weight is 209 g/mol. The molecule has 0 saturated carbocycles. The van der Waals surface area contributed by atoms with Crippen molar-refractivity contribution in [1.82, 2.24) is 9.97 Å². The minimum Gasteiger partial charge on any atom is -0.477 e. The third-order valence-corrected chi connectivity index (χ3v) is 1.91. The number of carbonyl (C=O) groups is 1. The molecular weight excluding hydrogens is 194 g/mol. The largest absolute Gasteiger partial charge is 0.477 e. The van der Waals surface area contributed by atoms with Crippen LogP contribution in [0.15, 0.2) is 6.07 Å². The first kappa shape index (κ1) is 11.4. The molecule has 0 atom stereocenters. The molecule has 0 spiro atoms. The summed E-state index contributed by atoms with van der Waals surface area (Å²) in [5, 5.41) is 8.87. The molecule has 0 unspecified atom stereocenters. The molecule has 0 fully saturated rings. The highest BCUT2D eigenvalue weighted by atomic mass is 16.4. The Balaban J connectivity index is 3.14. The molecule has 0 radical (unpaired) electrons. The molecule has 1 heterocycles. The van der Waals surface area contributed by atoms with Gasteiger partial charge in [-0.3, -0.25) is 0 Å². The highest BCUT2D eigenvalue weighted by Gasteiger charge is 2.10. The third kappa shape index (κ3) is 2.90. The van der Waals surface area contributed by atoms with Crippen molar-refractivity contribution in [3.63, 3.8) is 0 Å². The monoisotopic (exact) mass is 209 g/mol. The van der Waals surface area contributed by atoms with Crippen LogP contribution in [-0.2, 0) is 6.42 Å². The molecule has 0 aromatic carbocycles. The van der Waals surface area contributed by atoms with E-state index in [1.54, 1.807) is 4.90 Å². The van der Waals surface area contributed by atoms with Crippen LogP contribution < -0.4 is 4.90 Å². The molecule has 5 nitrogen and oxygen atoms in total. The molecule has 5 heteroatoms. The standard InChI is InChI=1S/C10H15N3O2/c1-4-5-8-11-7(10(14)15)6-9(12-8)13(2)3/h6H,4-5H2,1-3H3,(H,14,15). The van der Waals surface area contributed by atoms with E-state index in [2.05, 4.69) is 9.97 Å². The summed E-state index contributed by atoms with van der Waals surface area (Å²) < 4.78 is 0. The normalized spacial score (nSPS) is 10.1. The lowest BCUT2D eigenvalue weighted by Crippen LogP contribution is -2.15. The van der Waals surface area contributed by atoms with Gasteiger partial charge in [0.2, 0.25) is 0 Å². The maximum absolute atomic E-state index is 10.8. The Morgan fingerprint density at radius 1 is 1.47 bits per heavy atom. The van der Waals surface area contributed by atoms with Crippen LogP contribution in [0.25, 0.3) is 0 Å². The molecule has 0 aliphatic carbocycles. The molecule has 0 bridgehead atoms. The fourth-order valence-corrected chi connectivity index (χ4v) is 1.16. The lowest BCUT2D eigenvalue weighted by Gasteiger charge is -2.12. The number of carboxylic acids is 1. The number of carboxylic acid groups (broad SMARTS) is 1. The van der Waals surface area contributed by atoms with Crippen molar-refractivity contribution in [2.24, 2.45) is 0 Å². The van der Waals surface area contributed by atoms with E-state index in [9.17, 15) is 4.79 Å². The van der Waals surface area contributed by atoms with Crippen LogP contribution in [0.4, 0.5) is 5.82 Å². The van der Waals surface area contributed by atoms with E-state index in [0.717, 1.165) is 6.42 Å². The fraction of sp³-hybridized carbons (Fsp3) is 0.500. The Morgan fingerprint density at radius 3 is 2.60 bits per heavy atom. The van der Waals surface area contributed by atoms with Gasteiger partial charge in [-0.1, -0.05) is 6.92 Å². The molecule has 0 amide bonds. The fourth-order valence-electron chi connectivity index (χ4n) is 1.16. The van der Waals surface area contributed by atoms with Gasteiger partial charge in [-0.2, -0.15) is 0 Å². The molecular formula is C10H15N3O2. The molecule has 1 N–H and O–H groups in total. The minimum absolute atomic E-state index is 0.0529. The number of hydrogen-bond donors (Lipinski definition) is 1. The van der Waals surface area contributed by atoms with Crippen LogP contribution in [0.5, 0.6) is 0 Å². The van der Waals surface area contributed by atoms with Crippen molar-refractivity contribution in [2.45, 2.75) is 19.8 Å². The van der Waals surface area contributed by atoms with Crippen molar-refractivity contribution in [3.05, 3.63) is 17.6 Å². The van der Waals surface area contributed by atoms with Crippen LogP contribution in [0, 0.1) is 0 Å². The van der Waals surface area contributed by atoms with E-state index >= 15 is 0 Å². The number of aromatic nitrogens is 2. The summed E-state index contributed by atoms with van der Waals surface area (Å²) in [5.74, 6) is 0.199. The van der Waals surface area contributed by atoms with Gasteiger partial charge in [0, 0.05) is 26.6 Å². The van der Waals surface area contributed by atoms with Gasteiger partial charge in [-0.05, 0) is 6.42 Å². The van der Waals surface area contributed by atoms with Crippen molar-refractivity contribution in [2.75, 3.05) is 19.0 Å². The SMILES string of the molecule is CCCc1nc(C(=O)O)cc(N(C)C)n1. The predicted molar refractivity (Wildman–Crippen MR) is 57.3 cm³/mol. The molecule has 15 heavy (non-hydrogen) atoms. The summed E-state index contributed by atoms with van der Waals surface area (Å²) in [6.07, 6.45) is 1.60. The predicted octanol–water partition coefficient (Wildman–Crippen LogP) is 1.19. The van der Waals surface area contributed by atoms with Gasteiger partial charge in [-0.15, -0.1) is 0 Å². The molecule has 0 aliphatic heterocycles. The van der Waals surface area contributed by atoms with E-state index in [0.29, 0.717) is 18.1 Å². The smallest absolute Gasteiger partial charge is 0.354 e. The Kier molecular flexibility index (Phi) is 3.60. The summed E-state index contributed by atoms with van der Waals surface area (Å²) in [7, 11) is 3.65. The Bertz CT molecular complexity index is 364. The first-order valence-electron chi connectivity index (χ1n) is 4.83. The Morgan fingerprint density at radius 2 is 2.13 bits per heavy atom. The van der Waals surface area contributed by atoms with E-state index in [1.165, 1.54) is 6.07 Å². The number of rotatable bonds is 4. The van der Waals surface area contributed by atoms with Gasteiger partial charge < -0.3 is 10.0 Å². The van der Waals surface area contributed by atoms with Gasteiger partial charge in [0.15, 0.2) is 5.69 Å². The van der Waals surface area contributed by atoms with Gasteiger partial charge in [-0.25, -0.2) is 14.8 Å². The Labute approximate surface area is 88.8 Å². The van der Waals surface area contributed by atoms with Crippen molar-refractivity contribution in [3.8, 4) is 0 Å². The van der Waals surface area contributed by atoms with Crippen LogP contribution in [0.2, 0.25) is 0 Å². The van der Waals surface area contributed by atoms with E-state index < -0.39 is 5.97 Å². The first-order chi connectivity index (χ1) is 7.04. The maximum Gasteiger partial charge on any atom is 0.354 e. The summed E-state index contributed by atoms with van der Waals surface area (Å²) in [4.78, 5) is 20.8. The second-order valence-corrected chi connectivity index (χ2v) is 3.48. The number of anilines is 1. The number of nitrogens with zero attached hydrogens (tertiary/aromatic N) is 3. The highest BCUT2D eigenvalue weighted by molar-refractivity contribution is 5.86. The lowest BCUT2D eigenvalue weighted by molar-refractivity contribution is 0.0690. The summed E-state index contributed by atoms with van der Waals surface area (Å²) in [6.45, 7) is 2.01. The van der Waals surface area contributed by atoms with Gasteiger partial charge in [0.05, 0.1) is 0 Å². The molecule has 0 aliphatic rings. The summed E-state index contributed by atoms with van der Waals surface area (Å²) >= 11 is 0. The zero-order valence-corrected chi connectivity index (χ0v) is 9.19. The van der Waals surface area contributed by atoms with Crippen LogP contribution in [0.1, 0.15) is 29.7 Å². The second kappa shape index (κ2) is 4.72. The molecule has 1 rings (SSSR count). The molecule has 82 valence electrons. The lowest BCUT2D eigenvalue weighted by atomic mass is 10.3. The van der Waals surface area contributed by atoms with Gasteiger partial charge >= 0.3 is 5.97 Å². The number of aromatic carboxylic acids is 1. The van der Waals surface area contributed by atoms with Gasteiger partial charge in [0.25, 0.3) is 0 Å². The van der Waals surface area contributed by atoms with Crippen LogP contribution >= 0.6 is 0 Å². The zero-order chi connectivity index (χ0) is 11.4. The van der Waals surface area contributed by atoms with E-state index in [4.69, 9.17) is 5.11 Å². The second-order valence-electron chi connectivity index (χ2n) is 3.48. The topological polar surface area (TPSA) is 66.3 Å². The molecule has 0 saturated heterocycles. The highest BCUT2D eigenvalue weighted by Crippen LogP contribution is 2.10. The molecule has 1 aromatic heterocycles. The summed E-state index contributed by atoms with van der Waals surface area (Å²) in [6, 6.07) is 1.47. The average Bonchev–Trinajstić information content (AvgIpc) is 2.17. The summed E-state index contributed by atoms with van der Waals surface area (Å²) in [5.41, 5.74) is 0.0529. The zero-order valence-electron chi connectivity index (χ0n) is 9.19. The third-order valence-electron chi connectivity index (χ3n) is 1.91. The van der Waals surface area contributed by atoms with E-state index in [-0.39, 0.29) is 5.69 Å².